The van der Waals surface area contributed by atoms with Gasteiger partial charge in [-0.05, 0) is 43.1 Å². The van der Waals surface area contributed by atoms with Crippen LogP contribution >= 0.6 is 0 Å². The van der Waals surface area contributed by atoms with Crippen molar-refractivity contribution in [2.75, 3.05) is 33.2 Å². The number of benzene rings is 1. The summed E-state index contributed by atoms with van der Waals surface area (Å²) in [6.45, 7) is 10.3. The Morgan fingerprint density at radius 3 is 2.48 bits per heavy atom. The Hall–Kier alpha value is -2.04. The fourth-order valence-corrected chi connectivity index (χ4v) is 3.63. The summed E-state index contributed by atoms with van der Waals surface area (Å²) in [6, 6.07) is 10.6. The zero-order valence-electron chi connectivity index (χ0n) is 17.4. The molecule has 5 heteroatoms. The van der Waals surface area contributed by atoms with Crippen molar-refractivity contribution in [2.24, 2.45) is 16.3 Å². The molecular formula is C22H36N4O. The number of likely N-dealkylation sites (tertiary alicyclic amines) is 1. The highest BCUT2D eigenvalue weighted by molar-refractivity contribution is 5.80. The Morgan fingerprint density at radius 2 is 1.89 bits per heavy atom. The van der Waals surface area contributed by atoms with Crippen molar-refractivity contribution in [1.29, 1.82) is 0 Å². The number of hydrogen-bond acceptors (Lipinski definition) is 2. The smallest absolute Gasteiger partial charge is 0.220 e. The molecule has 0 aromatic heterocycles. The predicted octanol–water partition coefficient (Wildman–Crippen LogP) is 3.07. The number of carbonyl (C=O) groups is 1. The number of guanidine groups is 1. The second-order valence-corrected chi connectivity index (χ2v) is 8.30. The van der Waals surface area contributed by atoms with Crippen LogP contribution in [0.4, 0.5) is 0 Å². The summed E-state index contributed by atoms with van der Waals surface area (Å²) in [4.78, 5) is 18.9. The van der Waals surface area contributed by atoms with Crippen LogP contribution in [0.1, 0.15) is 45.6 Å². The second kappa shape index (κ2) is 10.3. The first-order chi connectivity index (χ1) is 12.9. The lowest BCUT2D eigenvalue weighted by Gasteiger charge is -2.34. The van der Waals surface area contributed by atoms with Gasteiger partial charge in [0.05, 0.1) is 0 Å². The minimum Gasteiger partial charge on any atom is -0.359 e. The Bertz CT molecular complexity index is 604. The van der Waals surface area contributed by atoms with Crippen LogP contribution in [0, 0.1) is 11.3 Å². The maximum absolute atomic E-state index is 11.6. The third-order valence-electron chi connectivity index (χ3n) is 5.18. The molecule has 1 amide bonds. The largest absolute Gasteiger partial charge is 0.359 e. The minimum atomic E-state index is 0.111. The average molecular weight is 373 g/mol. The number of amides is 1. The molecule has 0 aliphatic carbocycles. The number of hydrogen-bond donors (Lipinski definition) is 2. The van der Waals surface area contributed by atoms with Gasteiger partial charge in [0.2, 0.25) is 5.91 Å². The third kappa shape index (κ3) is 7.24. The highest BCUT2D eigenvalue weighted by Gasteiger charge is 2.24. The van der Waals surface area contributed by atoms with Crippen LogP contribution in [0.25, 0.3) is 0 Å². The third-order valence-corrected chi connectivity index (χ3v) is 5.18. The SMILES string of the molecule is CCNC(=NCC(C)(C)Cc1ccccc1)N1CCC(CC(=O)NC)CC1. The normalized spacial score (nSPS) is 16.3. The van der Waals surface area contributed by atoms with E-state index in [0.29, 0.717) is 12.3 Å². The van der Waals surface area contributed by atoms with Gasteiger partial charge in [-0.2, -0.15) is 0 Å². The zero-order valence-corrected chi connectivity index (χ0v) is 17.4. The lowest BCUT2D eigenvalue weighted by Crippen LogP contribution is -2.46. The highest BCUT2D eigenvalue weighted by Crippen LogP contribution is 2.23. The zero-order chi connectivity index (χ0) is 19.7. The lowest BCUT2D eigenvalue weighted by atomic mass is 9.86. The number of carbonyl (C=O) groups excluding carboxylic acids is 1. The van der Waals surface area contributed by atoms with Crippen molar-refractivity contribution >= 4 is 11.9 Å². The molecule has 1 fully saturated rings. The van der Waals surface area contributed by atoms with Gasteiger partial charge in [-0.1, -0.05) is 44.2 Å². The van der Waals surface area contributed by atoms with Crippen LogP contribution < -0.4 is 10.6 Å². The van der Waals surface area contributed by atoms with Gasteiger partial charge in [0.25, 0.3) is 0 Å². The van der Waals surface area contributed by atoms with E-state index in [4.69, 9.17) is 4.99 Å². The van der Waals surface area contributed by atoms with Crippen molar-refractivity contribution in [2.45, 2.75) is 46.5 Å². The predicted molar refractivity (Wildman–Crippen MR) is 113 cm³/mol. The molecule has 0 radical (unpaired) electrons. The number of rotatable bonds is 7. The molecule has 0 saturated carbocycles. The molecule has 27 heavy (non-hydrogen) atoms. The highest BCUT2D eigenvalue weighted by atomic mass is 16.1. The Labute approximate surface area is 164 Å². The Morgan fingerprint density at radius 1 is 1.22 bits per heavy atom. The number of nitrogens with one attached hydrogen (secondary N) is 2. The maximum Gasteiger partial charge on any atom is 0.220 e. The van der Waals surface area contributed by atoms with Gasteiger partial charge < -0.3 is 15.5 Å². The van der Waals surface area contributed by atoms with Crippen molar-refractivity contribution in [3.8, 4) is 0 Å². The molecule has 0 unspecified atom stereocenters. The van der Waals surface area contributed by atoms with E-state index in [-0.39, 0.29) is 11.3 Å². The van der Waals surface area contributed by atoms with Crippen molar-refractivity contribution in [3.05, 3.63) is 35.9 Å². The molecule has 1 saturated heterocycles. The quantitative estimate of drug-likeness (QED) is 0.571. The van der Waals surface area contributed by atoms with E-state index in [1.165, 1.54) is 5.56 Å². The molecule has 2 N–H and O–H groups in total. The summed E-state index contributed by atoms with van der Waals surface area (Å²) in [7, 11) is 1.71. The molecule has 0 bridgehead atoms. The first-order valence-corrected chi connectivity index (χ1v) is 10.2. The average Bonchev–Trinajstić information content (AvgIpc) is 2.66. The van der Waals surface area contributed by atoms with E-state index in [2.05, 4.69) is 66.6 Å². The molecule has 150 valence electrons. The summed E-state index contributed by atoms with van der Waals surface area (Å²) >= 11 is 0. The summed E-state index contributed by atoms with van der Waals surface area (Å²) in [5.41, 5.74) is 1.47. The van der Waals surface area contributed by atoms with Gasteiger partial charge in [0.15, 0.2) is 5.96 Å². The molecular weight excluding hydrogens is 336 g/mol. The van der Waals surface area contributed by atoms with E-state index in [9.17, 15) is 4.79 Å². The Balaban J connectivity index is 1.93. The van der Waals surface area contributed by atoms with E-state index < -0.39 is 0 Å². The van der Waals surface area contributed by atoms with Crippen LogP contribution in [-0.4, -0.2) is 50.0 Å². The monoisotopic (exact) mass is 372 g/mol. The number of aliphatic imine (C=N–C) groups is 1. The van der Waals surface area contributed by atoms with E-state index in [1.54, 1.807) is 7.05 Å². The van der Waals surface area contributed by atoms with Gasteiger partial charge in [-0.25, -0.2) is 0 Å². The van der Waals surface area contributed by atoms with Crippen molar-refractivity contribution in [3.63, 3.8) is 0 Å². The van der Waals surface area contributed by atoms with Crippen LogP contribution in [0.5, 0.6) is 0 Å². The van der Waals surface area contributed by atoms with Crippen molar-refractivity contribution in [1.82, 2.24) is 15.5 Å². The molecule has 1 heterocycles. The Kier molecular flexibility index (Phi) is 8.14. The van der Waals surface area contributed by atoms with Crippen LogP contribution in [0.3, 0.4) is 0 Å². The maximum atomic E-state index is 11.6. The van der Waals surface area contributed by atoms with Gasteiger partial charge in [-0.15, -0.1) is 0 Å². The second-order valence-electron chi connectivity index (χ2n) is 8.30. The number of nitrogens with zero attached hydrogens (tertiary/aromatic N) is 2. The van der Waals surface area contributed by atoms with Gasteiger partial charge in [0.1, 0.15) is 0 Å². The first kappa shape index (κ1) is 21.3. The minimum absolute atomic E-state index is 0.111. The van der Waals surface area contributed by atoms with Crippen LogP contribution in [0.15, 0.2) is 35.3 Å². The molecule has 5 nitrogen and oxygen atoms in total. The molecule has 2 rings (SSSR count). The topological polar surface area (TPSA) is 56.7 Å². The summed E-state index contributed by atoms with van der Waals surface area (Å²) in [5, 5.41) is 6.19. The lowest BCUT2D eigenvalue weighted by molar-refractivity contribution is -0.121. The standard InChI is InChI=1S/C22H36N4O/c1-5-24-21(26-13-11-18(12-14-26)15-20(27)23-4)25-17-22(2,3)16-19-9-7-6-8-10-19/h6-10,18H,5,11-17H2,1-4H3,(H,23,27)(H,24,25). The molecule has 1 aliphatic rings. The van der Waals surface area contributed by atoms with Crippen LogP contribution in [-0.2, 0) is 11.2 Å². The summed E-state index contributed by atoms with van der Waals surface area (Å²) < 4.78 is 0. The fraction of sp³-hybridized carbons (Fsp3) is 0.636. The van der Waals surface area contributed by atoms with Gasteiger partial charge in [-0.3, -0.25) is 9.79 Å². The van der Waals surface area contributed by atoms with E-state index in [1.807, 2.05) is 0 Å². The van der Waals surface area contributed by atoms with Crippen molar-refractivity contribution < 1.29 is 4.79 Å². The van der Waals surface area contributed by atoms with Crippen LogP contribution in [0.2, 0.25) is 0 Å². The molecule has 1 aromatic carbocycles. The van der Waals surface area contributed by atoms with E-state index in [0.717, 1.165) is 51.4 Å². The molecule has 1 aliphatic heterocycles. The summed E-state index contributed by atoms with van der Waals surface area (Å²) in [5.74, 6) is 1.65. The van der Waals surface area contributed by atoms with Gasteiger partial charge >= 0.3 is 0 Å². The van der Waals surface area contributed by atoms with Gasteiger partial charge in [0, 0.05) is 39.6 Å². The van der Waals surface area contributed by atoms with E-state index >= 15 is 0 Å². The summed E-state index contributed by atoms with van der Waals surface area (Å²) in [6.07, 6.45) is 3.75. The fourth-order valence-electron chi connectivity index (χ4n) is 3.63. The molecule has 1 aromatic rings. The first-order valence-electron chi connectivity index (χ1n) is 10.2. The number of piperidine rings is 1. The molecule has 0 spiro atoms. The molecule has 0 atom stereocenters.